The highest BCUT2D eigenvalue weighted by atomic mass is 16.3. The van der Waals surface area contributed by atoms with Crippen molar-refractivity contribution in [2.24, 2.45) is 0 Å². The van der Waals surface area contributed by atoms with Gasteiger partial charge in [-0.05, 0) is 69.8 Å². The van der Waals surface area contributed by atoms with Crippen molar-refractivity contribution in [2.75, 3.05) is 0 Å². The molecule has 3 heterocycles. The molecule has 0 amide bonds. The second-order valence-corrected chi connectivity index (χ2v) is 13.8. The maximum Gasteiger partial charge on any atom is 0.164 e. The number of nitrogens with zero attached hydrogens (tertiary/aromatic N) is 3. The van der Waals surface area contributed by atoms with E-state index in [2.05, 4.69) is 115 Å². The molecule has 3 aromatic heterocycles. The van der Waals surface area contributed by atoms with Gasteiger partial charge in [-0.2, -0.15) is 0 Å². The Morgan fingerprint density at radius 3 is 1.63 bits per heavy atom. The van der Waals surface area contributed by atoms with Crippen LogP contribution in [-0.4, -0.2) is 15.0 Å². The van der Waals surface area contributed by atoms with E-state index in [1.807, 2.05) is 48.5 Å². The lowest BCUT2D eigenvalue weighted by atomic mass is 9.89. The summed E-state index contributed by atoms with van der Waals surface area (Å²) in [6.45, 7) is 0. The number of fused-ring (bicyclic) bond motifs is 7. The zero-order valence-corrected chi connectivity index (χ0v) is 29.2. The van der Waals surface area contributed by atoms with Crippen molar-refractivity contribution in [3.8, 4) is 45.3 Å². The van der Waals surface area contributed by atoms with Gasteiger partial charge in [0.2, 0.25) is 0 Å². The Bertz CT molecular complexity index is 3210. The van der Waals surface area contributed by atoms with Crippen molar-refractivity contribution in [3.05, 3.63) is 174 Å². The number of hydrogen-bond donors (Lipinski definition) is 0. The number of rotatable bonds is 5. The third kappa shape index (κ3) is 4.90. The van der Waals surface area contributed by atoms with Crippen molar-refractivity contribution in [2.45, 2.75) is 12.8 Å². The van der Waals surface area contributed by atoms with E-state index in [1.165, 1.54) is 16.4 Å². The van der Waals surface area contributed by atoms with Gasteiger partial charge in [0.25, 0.3) is 0 Å². The number of aromatic nitrogens is 3. The van der Waals surface area contributed by atoms with Crippen LogP contribution in [-0.2, 0) is 0 Å². The highest BCUT2D eigenvalue weighted by Gasteiger charge is 2.20. The molecule has 0 spiro atoms. The Kier molecular flexibility index (Phi) is 6.92. The van der Waals surface area contributed by atoms with Crippen molar-refractivity contribution < 1.29 is 8.83 Å². The molecular formula is C49H31N3O2. The van der Waals surface area contributed by atoms with Gasteiger partial charge in [0, 0.05) is 38.2 Å². The first-order valence-corrected chi connectivity index (χ1v) is 18.3. The number of hydrogen-bond acceptors (Lipinski definition) is 5. The van der Waals surface area contributed by atoms with Gasteiger partial charge in [0.1, 0.15) is 22.3 Å². The van der Waals surface area contributed by atoms with Gasteiger partial charge in [0.15, 0.2) is 17.5 Å². The summed E-state index contributed by atoms with van der Waals surface area (Å²) in [6, 6.07) is 54.3. The average molecular weight is 694 g/mol. The third-order valence-corrected chi connectivity index (χ3v) is 10.7. The SMILES string of the molecule is C1=c2c(-c3nc(-c4ccc(-c5ccccc5)cc4)nc(-c4cccc5oc6ccccc6c45)n3)cccc2=C(c2cccc3oc4ccccc4c23)CC1. The number of para-hydroxylation sites is 2. The Hall–Kier alpha value is -7.11. The molecule has 11 rings (SSSR count). The molecule has 0 fully saturated rings. The molecular weight excluding hydrogens is 663 g/mol. The van der Waals surface area contributed by atoms with E-state index >= 15 is 0 Å². The van der Waals surface area contributed by atoms with Crippen molar-refractivity contribution in [1.29, 1.82) is 0 Å². The molecule has 0 saturated carbocycles. The predicted octanol–water partition coefficient (Wildman–Crippen LogP) is 11.1. The van der Waals surface area contributed by atoms with Gasteiger partial charge in [-0.3, -0.25) is 0 Å². The van der Waals surface area contributed by atoms with Crippen LogP contribution < -0.4 is 10.4 Å². The van der Waals surface area contributed by atoms with Gasteiger partial charge in [-0.1, -0.05) is 140 Å². The third-order valence-electron chi connectivity index (χ3n) is 10.7. The molecule has 0 saturated heterocycles. The number of furan rings is 2. The molecule has 254 valence electrons. The Morgan fingerprint density at radius 2 is 0.907 bits per heavy atom. The van der Waals surface area contributed by atoms with Crippen LogP contribution in [0.15, 0.2) is 167 Å². The molecule has 1 aliphatic carbocycles. The summed E-state index contributed by atoms with van der Waals surface area (Å²) in [6.07, 6.45) is 4.16. The molecule has 54 heavy (non-hydrogen) atoms. The molecule has 0 atom stereocenters. The minimum Gasteiger partial charge on any atom is -0.456 e. The zero-order valence-electron chi connectivity index (χ0n) is 29.2. The molecule has 0 bridgehead atoms. The van der Waals surface area contributed by atoms with Crippen LogP contribution in [0.1, 0.15) is 18.4 Å². The fourth-order valence-electron chi connectivity index (χ4n) is 8.19. The van der Waals surface area contributed by atoms with Crippen LogP contribution in [0.25, 0.3) is 101 Å². The lowest BCUT2D eigenvalue weighted by molar-refractivity contribution is 0.668. The monoisotopic (exact) mass is 693 g/mol. The molecule has 0 N–H and O–H groups in total. The van der Waals surface area contributed by atoms with Crippen molar-refractivity contribution in [3.63, 3.8) is 0 Å². The summed E-state index contributed by atoms with van der Waals surface area (Å²) in [5.74, 6) is 1.85. The van der Waals surface area contributed by atoms with E-state index in [1.54, 1.807) is 0 Å². The van der Waals surface area contributed by atoms with E-state index in [0.717, 1.165) is 89.8 Å². The van der Waals surface area contributed by atoms with Crippen molar-refractivity contribution >= 4 is 55.5 Å². The Labute approximate surface area is 310 Å². The highest BCUT2D eigenvalue weighted by Crippen LogP contribution is 2.38. The Morgan fingerprint density at radius 1 is 0.389 bits per heavy atom. The summed E-state index contributed by atoms with van der Waals surface area (Å²) in [4.78, 5) is 15.7. The van der Waals surface area contributed by atoms with Gasteiger partial charge in [0.05, 0.1) is 0 Å². The largest absolute Gasteiger partial charge is 0.456 e. The fraction of sp³-hybridized carbons (Fsp3) is 0.0408. The summed E-state index contributed by atoms with van der Waals surface area (Å²) >= 11 is 0. The summed E-state index contributed by atoms with van der Waals surface area (Å²) in [7, 11) is 0. The Balaban J connectivity index is 1.15. The minimum absolute atomic E-state index is 0.603. The van der Waals surface area contributed by atoms with Gasteiger partial charge >= 0.3 is 0 Å². The standard InChI is InChI=1S/C49H31N3O2/c1-2-12-30(13-3-1)31-26-28-32(29-27-31)47-50-48(52-49(51-47)40-21-11-25-44-46(40)39-15-5-7-23-42(39)54-44)37-20-9-16-33-34(17-8-18-35(33)37)36-19-10-24-43-45(36)38-14-4-6-22-41(38)53-43/h1-7,9-16,18-29H,8,17H2. The zero-order chi connectivity index (χ0) is 35.6. The second kappa shape index (κ2) is 12.2. The van der Waals surface area contributed by atoms with Crippen LogP contribution in [0, 0.1) is 0 Å². The smallest absolute Gasteiger partial charge is 0.164 e. The van der Waals surface area contributed by atoms with Gasteiger partial charge in [-0.15, -0.1) is 0 Å². The lowest BCUT2D eigenvalue weighted by Gasteiger charge is -2.15. The molecule has 5 nitrogen and oxygen atoms in total. The summed E-state index contributed by atoms with van der Waals surface area (Å²) < 4.78 is 12.6. The topological polar surface area (TPSA) is 65.0 Å². The molecule has 10 aromatic rings. The first kappa shape index (κ1) is 30.5. The van der Waals surface area contributed by atoms with Crippen LogP contribution >= 0.6 is 0 Å². The first-order chi connectivity index (χ1) is 26.8. The summed E-state index contributed by atoms with van der Waals surface area (Å²) in [5.41, 5.74) is 11.0. The molecule has 7 aromatic carbocycles. The molecule has 0 unspecified atom stereocenters. The van der Waals surface area contributed by atoms with Crippen LogP contribution in [0.3, 0.4) is 0 Å². The minimum atomic E-state index is 0.603. The van der Waals surface area contributed by atoms with Crippen LogP contribution in [0.2, 0.25) is 0 Å². The van der Waals surface area contributed by atoms with E-state index in [-0.39, 0.29) is 0 Å². The van der Waals surface area contributed by atoms with Crippen LogP contribution in [0.4, 0.5) is 0 Å². The van der Waals surface area contributed by atoms with Gasteiger partial charge < -0.3 is 8.83 Å². The molecule has 0 aliphatic heterocycles. The molecule has 5 heteroatoms. The maximum atomic E-state index is 6.30. The van der Waals surface area contributed by atoms with E-state index in [9.17, 15) is 0 Å². The molecule has 0 radical (unpaired) electrons. The second-order valence-electron chi connectivity index (χ2n) is 13.8. The van der Waals surface area contributed by atoms with Gasteiger partial charge in [-0.25, -0.2) is 15.0 Å². The van der Waals surface area contributed by atoms with Crippen LogP contribution in [0.5, 0.6) is 0 Å². The number of benzene rings is 7. The summed E-state index contributed by atoms with van der Waals surface area (Å²) in [5, 5.41) is 6.64. The maximum absolute atomic E-state index is 6.30. The quantitative estimate of drug-likeness (QED) is 0.180. The molecule has 1 aliphatic rings. The normalized spacial score (nSPS) is 12.8. The van der Waals surface area contributed by atoms with E-state index in [0.29, 0.717) is 17.5 Å². The van der Waals surface area contributed by atoms with E-state index in [4.69, 9.17) is 23.8 Å². The average Bonchev–Trinajstić information content (AvgIpc) is 3.82. The highest BCUT2D eigenvalue weighted by molar-refractivity contribution is 6.12. The predicted molar refractivity (Wildman–Crippen MR) is 218 cm³/mol. The first-order valence-electron chi connectivity index (χ1n) is 18.3. The fourth-order valence-corrected chi connectivity index (χ4v) is 8.19. The lowest BCUT2D eigenvalue weighted by Crippen LogP contribution is -2.32. The van der Waals surface area contributed by atoms with Crippen molar-refractivity contribution in [1.82, 2.24) is 15.0 Å². The van der Waals surface area contributed by atoms with E-state index < -0.39 is 0 Å².